The molecule has 0 atom stereocenters. The van der Waals surface area contributed by atoms with Gasteiger partial charge in [0, 0.05) is 71.9 Å². The number of nitrogens with one attached hydrogen (secondary N) is 1. The van der Waals surface area contributed by atoms with Crippen LogP contribution in [-0.4, -0.2) is 112 Å². The first kappa shape index (κ1) is 24.1. The highest BCUT2D eigenvalue weighted by Crippen LogP contribution is 2.18. The minimum Gasteiger partial charge on any atom is -0.340 e. The van der Waals surface area contributed by atoms with E-state index in [0.717, 1.165) is 51.9 Å². The van der Waals surface area contributed by atoms with Crippen molar-refractivity contribution in [1.29, 1.82) is 0 Å². The zero-order valence-corrected chi connectivity index (χ0v) is 19.1. The van der Waals surface area contributed by atoms with Crippen LogP contribution in [0.2, 0.25) is 0 Å². The molecule has 1 aromatic carbocycles. The van der Waals surface area contributed by atoms with Crippen molar-refractivity contribution in [3.8, 4) is 0 Å². The lowest BCUT2D eigenvalue weighted by Crippen LogP contribution is -2.47. The highest BCUT2D eigenvalue weighted by molar-refractivity contribution is 7.89. The van der Waals surface area contributed by atoms with Crippen LogP contribution in [0.1, 0.15) is 12.8 Å². The lowest BCUT2D eigenvalue weighted by Gasteiger charge is -2.33. The fraction of sp³-hybridized carbons (Fsp3) is 0.667. The molecule has 1 N–H and O–H groups in total. The summed E-state index contributed by atoms with van der Waals surface area (Å²) in [6.45, 7) is 7.93. The molecule has 3 rings (SSSR count). The lowest BCUT2D eigenvalue weighted by molar-refractivity contribution is -0.131. The molecule has 174 valence electrons. The Hall–Kier alpha value is -1.59. The monoisotopic (exact) mass is 455 g/mol. The van der Waals surface area contributed by atoms with Crippen LogP contribution in [0.5, 0.6) is 0 Å². The smallest absolute Gasteiger partial charge is 0.243 e. The van der Waals surface area contributed by atoms with Gasteiger partial charge in [-0.15, -0.1) is 0 Å². The van der Waals surface area contributed by atoms with Crippen LogP contribution >= 0.6 is 0 Å². The Morgan fingerprint density at radius 2 is 1.81 bits per heavy atom. The second-order valence-electron chi connectivity index (χ2n) is 8.24. The summed E-state index contributed by atoms with van der Waals surface area (Å²) >= 11 is 0. The number of halogens is 1. The minimum absolute atomic E-state index is 0.0417. The summed E-state index contributed by atoms with van der Waals surface area (Å²) in [5, 5.41) is 3.20. The molecule has 2 aliphatic heterocycles. The molecule has 0 spiro atoms. The molecule has 0 aromatic heterocycles. The van der Waals surface area contributed by atoms with E-state index in [9.17, 15) is 17.6 Å². The van der Waals surface area contributed by atoms with Gasteiger partial charge in [0.2, 0.25) is 15.9 Å². The molecule has 0 bridgehead atoms. The Morgan fingerprint density at radius 1 is 1.10 bits per heavy atom. The van der Waals surface area contributed by atoms with Crippen molar-refractivity contribution in [2.45, 2.75) is 17.7 Å². The average Bonchev–Trinajstić information content (AvgIpc) is 2.77. The van der Waals surface area contributed by atoms with Crippen molar-refractivity contribution in [1.82, 2.24) is 24.3 Å². The Kier molecular flexibility index (Phi) is 8.79. The summed E-state index contributed by atoms with van der Waals surface area (Å²) < 4.78 is 41.4. The Bertz CT molecular complexity index is 824. The number of hydrogen-bond acceptors (Lipinski definition) is 6. The van der Waals surface area contributed by atoms with Gasteiger partial charge in [-0.25, -0.2) is 12.8 Å². The van der Waals surface area contributed by atoms with Gasteiger partial charge < -0.3 is 20.0 Å². The van der Waals surface area contributed by atoms with Gasteiger partial charge in [-0.3, -0.25) is 4.79 Å². The first-order chi connectivity index (χ1) is 14.9. The van der Waals surface area contributed by atoms with Crippen LogP contribution in [-0.2, 0) is 14.8 Å². The number of benzene rings is 1. The van der Waals surface area contributed by atoms with Crippen molar-refractivity contribution in [3.63, 3.8) is 0 Å². The van der Waals surface area contributed by atoms with E-state index >= 15 is 0 Å². The molecule has 0 saturated carbocycles. The fourth-order valence-electron chi connectivity index (χ4n) is 3.96. The average molecular weight is 456 g/mol. The molecule has 1 aromatic rings. The number of rotatable bonds is 9. The SMILES string of the molecule is CN1CCN(CCCN(CCC(=O)N2CCNCC2)S(=O)(=O)c2cccc(F)c2)CC1. The van der Waals surface area contributed by atoms with Gasteiger partial charge in [-0.2, -0.15) is 4.31 Å². The summed E-state index contributed by atoms with van der Waals surface area (Å²) in [4.78, 5) is 18.9. The summed E-state index contributed by atoms with van der Waals surface area (Å²) in [7, 11) is -1.78. The number of carbonyl (C=O) groups is 1. The summed E-state index contributed by atoms with van der Waals surface area (Å²) in [5.41, 5.74) is 0. The summed E-state index contributed by atoms with van der Waals surface area (Å²) in [6.07, 6.45) is 0.795. The van der Waals surface area contributed by atoms with Crippen LogP contribution < -0.4 is 5.32 Å². The van der Waals surface area contributed by atoms with Crippen LogP contribution in [0.3, 0.4) is 0 Å². The first-order valence-electron chi connectivity index (χ1n) is 11.0. The zero-order chi connectivity index (χ0) is 22.3. The van der Waals surface area contributed by atoms with E-state index < -0.39 is 15.8 Å². The van der Waals surface area contributed by atoms with Crippen LogP contribution in [0, 0.1) is 5.82 Å². The number of carbonyl (C=O) groups excluding carboxylic acids is 1. The number of likely N-dealkylation sites (N-methyl/N-ethyl adjacent to an activating group) is 1. The molecule has 8 nitrogen and oxygen atoms in total. The first-order valence-corrected chi connectivity index (χ1v) is 12.5. The number of sulfonamides is 1. The third-order valence-corrected chi connectivity index (χ3v) is 7.85. The lowest BCUT2D eigenvalue weighted by atomic mass is 10.3. The number of piperazine rings is 2. The second kappa shape index (κ2) is 11.3. The minimum atomic E-state index is -3.88. The molecule has 0 aliphatic carbocycles. The highest BCUT2D eigenvalue weighted by Gasteiger charge is 2.27. The normalized spacial score (nSPS) is 19.1. The number of amides is 1. The van der Waals surface area contributed by atoms with E-state index in [4.69, 9.17) is 0 Å². The maximum atomic E-state index is 13.7. The third kappa shape index (κ3) is 6.95. The molecule has 2 saturated heterocycles. The summed E-state index contributed by atoms with van der Waals surface area (Å²) in [5.74, 6) is -0.629. The van der Waals surface area contributed by atoms with Crippen LogP contribution in [0.15, 0.2) is 29.2 Å². The maximum Gasteiger partial charge on any atom is 0.243 e. The Morgan fingerprint density at radius 3 is 2.48 bits per heavy atom. The molecular weight excluding hydrogens is 421 g/mol. The van der Waals surface area contributed by atoms with Crippen molar-refractivity contribution in [2.24, 2.45) is 0 Å². The largest absolute Gasteiger partial charge is 0.340 e. The molecule has 10 heteroatoms. The number of nitrogens with zero attached hydrogens (tertiary/aromatic N) is 4. The standard InChI is InChI=1S/C21H34FN5O3S/c1-24-14-16-25(17-15-24)9-3-10-27(11-6-21(28)26-12-7-23-8-13-26)31(29,30)20-5-2-4-19(22)18-20/h2,4-5,18,23H,3,6-17H2,1H3. The van der Waals surface area contributed by atoms with E-state index in [1.807, 2.05) is 0 Å². The van der Waals surface area contributed by atoms with Gasteiger partial charge in [-0.1, -0.05) is 6.07 Å². The number of hydrogen-bond donors (Lipinski definition) is 1. The summed E-state index contributed by atoms with van der Waals surface area (Å²) in [6, 6.07) is 5.08. The van der Waals surface area contributed by atoms with Crippen molar-refractivity contribution in [2.75, 3.05) is 79.0 Å². The van der Waals surface area contributed by atoms with E-state index in [0.29, 0.717) is 26.1 Å². The van der Waals surface area contributed by atoms with Gasteiger partial charge >= 0.3 is 0 Å². The van der Waals surface area contributed by atoms with E-state index in [2.05, 4.69) is 22.2 Å². The molecule has 2 heterocycles. The highest BCUT2D eigenvalue weighted by atomic mass is 32.2. The van der Waals surface area contributed by atoms with Crippen LogP contribution in [0.4, 0.5) is 4.39 Å². The predicted octanol–water partition coefficient (Wildman–Crippen LogP) is 0.276. The molecule has 2 fully saturated rings. The van der Waals surface area contributed by atoms with Gasteiger partial charge in [0.1, 0.15) is 5.82 Å². The molecule has 0 radical (unpaired) electrons. The van der Waals surface area contributed by atoms with Crippen molar-refractivity contribution in [3.05, 3.63) is 30.1 Å². The molecule has 0 unspecified atom stereocenters. The molecule has 31 heavy (non-hydrogen) atoms. The predicted molar refractivity (Wildman–Crippen MR) is 118 cm³/mol. The van der Waals surface area contributed by atoms with Gasteiger partial charge in [0.05, 0.1) is 4.90 Å². The van der Waals surface area contributed by atoms with E-state index in [1.54, 1.807) is 4.90 Å². The van der Waals surface area contributed by atoms with Gasteiger partial charge in [0.25, 0.3) is 0 Å². The fourth-order valence-corrected chi connectivity index (χ4v) is 5.47. The van der Waals surface area contributed by atoms with Crippen LogP contribution in [0.25, 0.3) is 0 Å². The van der Waals surface area contributed by atoms with Gasteiger partial charge in [-0.05, 0) is 38.2 Å². The molecule has 2 aliphatic rings. The van der Waals surface area contributed by atoms with E-state index in [1.165, 1.54) is 22.5 Å². The maximum absolute atomic E-state index is 13.7. The second-order valence-corrected chi connectivity index (χ2v) is 10.2. The topological polar surface area (TPSA) is 76.2 Å². The van der Waals surface area contributed by atoms with Crippen molar-refractivity contribution >= 4 is 15.9 Å². The van der Waals surface area contributed by atoms with E-state index in [-0.39, 0.29) is 23.8 Å². The van der Waals surface area contributed by atoms with Gasteiger partial charge in [0.15, 0.2) is 0 Å². The molecular formula is C21H34FN5O3S. The Balaban J connectivity index is 1.63. The third-order valence-electron chi connectivity index (χ3n) is 5.96. The zero-order valence-electron chi connectivity index (χ0n) is 18.3. The van der Waals surface area contributed by atoms with Crippen molar-refractivity contribution < 1.29 is 17.6 Å². The Labute approximate surface area is 185 Å². The molecule has 1 amide bonds. The quantitative estimate of drug-likeness (QED) is 0.576.